The van der Waals surface area contributed by atoms with Crippen molar-refractivity contribution in [1.82, 2.24) is 0 Å². The maximum Gasteiger partial charge on any atom is 0.335 e. The molecule has 2 heteroatoms. The number of hydrogen-bond donors (Lipinski definition) is 1. The van der Waals surface area contributed by atoms with Crippen molar-refractivity contribution in [2.24, 2.45) is 0 Å². The second kappa shape index (κ2) is 4.35. The van der Waals surface area contributed by atoms with Crippen molar-refractivity contribution in [2.45, 2.75) is 19.8 Å². The minimum absolute atomic E-state index is 0.334. The van der Waals surface area contributed by atoms with Gasteiger partial charge in [0.1, 0.15) is 0 Å². The van der Waals surface area contributed by atoms with Crippen LogP contribution in [0.1, 0.15) is 35.7 Å². The van der Waals surface area contributed by atoms with Gasteiger partial charge in [-0.05, 0) is 43.0 Å². The zero-order chi connectivity index (χ0) is 11.5. The number of benzene rings is 1. The molecule has 0 saturated carbocycles. The highest BCUT2D eigenvalue weighted by molar-refractivity contribution is 5.88. The molecule has 0 aromatic heterocycles. The van der Waals surface area contributed by atoms with Gasteiger partial charge in [0.25, 0.3) is 0 Å². The van der Waals surface area contributed by atoms with Gasteiger partial charge in [0.2, 0.25) is 0 Å². The van der Waals surface area contributed by atoms with Crippen LogP contribution in [0.15, 0.2) is 42.0 Å². The molecule has 1 aliphatic rings. The standard InChI is InChI=1S/C14H14O2/c1-10-3-2-4-13(9-10)11-5-7-12(8-6-11)14(15)16/h4-9H,2-3H2,1H3,(H,15,16). The summed E-state index contributed by atoms with van der Waals surface area (Å²) in [5, 5.41) is 8.80. The molecule has 0 fully saturated rings. The summed E-state index contributed by atoms with van der Waals surface area (Å²) in [6, 6.07) is 7.03. The van der Waals surface area contributed by atoms with E-state index in [1.165, 1.54) is 11.1 Å². The zero-order valence-corrected chi connectivity index (χ0v) is 9.23. The Hall–Kier alpha value is -1.83. The van der Waals surface area contributed by atoms with Gasteiger partial charge in [0, 0.05) is 0 Å². The van der Waals surface area contributed by atoms with E-state index < -0.39 is 5.97 Å². The van der Waals surface area contributed by atoms with Gasteiger partial charge in [-0.1, -0.05) is 29.9 Å². The minimum atomic E-state index is -0.879. The summed E-state index contributed by atoms with van der Waals surface area (Å²) in [7, 11) is 0. The quantitative estimate of drug-likeness (QED) is 0.818. The Bertz CT molecular complexity index is 464. The molecule has 2 nitrogen and oxygen atoms in total. The molecule has 1 aliphatic carbocycles. The smallest absolute Gasteiger partial charge is 0.335 e. The van der Waals surface area contributed by atoms with Gasteiger partial charge in [-0.25, -0.2) is 4.79 Å². The topological polar surface area (TPSA) is 37.3 Å². The number of carbonyl (C=O) groups is 1. The lowest BCUT2D eigenvalue weighted by Gasteiger charge is -2.11. The van der Waals surface area contributed by atoms with Gasteiger partial charge in [-0.3, -0.25) is 0 Å². The summed E-state index contributed by atoms with van der Waals surface area (Å²) in [4.78, 5) is 10.7. The zero-order valence-electron chi connectivity index (χ0n) is 9.23. The summed E-state index contributed by atoms with van der Waals surface area (Å²) in [6.07, 6.45) is 6.55. The molecular formula is C14H14O2. The van der Waals surface area contributed by atoms with Crippen LogP contribution in [0.25, 0.3) is 5.57 Å². The van der Waals surface area contributed by atoms with E-state index in [0.29, 0.717) is 5.56 Å². The number of allylic oxidation sites excluding steroid dienone is 4. The molecule has 0 unspecified atom stereocenters. The Kier molecular flexibility index (Phi) is 2.91. The van der Waals surface area contributed by atoms with Gasteiger partial charge < -0.3 is 5.11 Å². The molecule has 1 N–H and O–H groups in total. The van der Waals surface area contributed by atoms with E-state index in [2.05, 4.69) is 19.1 Å². The summed E-state index contributed by atoms with van der Waals surface area (Å²) in [5.41, 5.74) is 3.99. The molecule has 0 spiro atoms. The first kappa shape index (κ1) is 10.7. The monoisotopic (exact) mass is 214 g/mol. The van der Waals surface area contributed by atoms with E-state index in [9.17, 15) is 4.79 Å². The van der Waals surface area contributed by atoms with Gasteiger partial charge in [-0.15, -0.1) is 0 Å². The molecule has 0 heterocycles. The molecule has 0 bridgehead atoms. The molecule has 0 atom stereocenters. The number of carboxylic acids is 1. The molecule has 16 heavy (non-hydrogen) atoms. The fraction of sp³-hybridized carbons (Fsp3) is 0.214. The summed E-state index contributed by atoms with van der Waals surface area (Å²) in [6.45, 7) is 2.12. The molecule has 0 amide bonds. The second-order valence-electron chi connectivity index (χ2n) is 4.07. The number of rotatable bonds is 2. The van der Waals surface area contributed by atoms with E-state index in [1.54, 1.807) is 12.1 Å². The normalized spacial score (nSPS) is 15.3. The summed E-state index contributed by atoms with van der Waals surface area (Å²) in [5.74, 6) is -0.879. The lowest BCUT2D eigenvalue weighted by atomic mass is 9.95. The van der Waals surface area contributed by atoms with Crippen LogP contribution in [0.4, 0.5) is 0 Å². The Morgan fingerprint density at radius 1 is 1.25 bits per heavy atom. The van der Waals surface area contributed by atoms with Crippen molar-refractivity contribution >= 4 is 11.5 Å². The SMILES string of the molecule is CC1=CC(c2ccc(C(=O)O)cc2)=CCC1. The van der Waals surface area contributed by atoms with E-state index in [4.69, 9.17) is 5.11 Å². The number of hydrogen-bond acceptors (Lipinski definition) is 1. The lowest BCUT2D eigenvalue weighted by molar-refractivity contribution is 0.0697. The largest absolute Gasteiger partial charge is 0.478 e. The molecule has 1 aromatic rings. The maximum atomic E-state index is 10.7. The Morgan fingerprint density at radius 2 is 1.94 bits per heavy atom. The number of carboxylic acid groups (broad SMARTS) is 1. The molecule has 0 aliphatic heterocycles. The van der Waals surface area contributed by atoms with E-state index in [-0.39, 0.29) is 0 Å². The van der Waals surface area contributed by atoms with Crippen LogP contribution >= 0.6 is 0 Å². The Balaban J connectivity index is 2.29. The predicted octanol–water partition coefficient (Wildman–Crippen LogP) is 3.51. The highest BCUT2D eigenvalue weighted by atomic mass is 16.4. The van der Waals surface area contributed by atoms with Gasteiger partial charge in [0.15, 0.2) is 0 Å². The average Bonchev–Trinajstić information content (AvgIpc) is 2.29. The lowest BCUT2D eigenvalue weighted by Crippen LogP contribution is -1.96. The first-order valence-electron chi connectivity index (χ1n) is 5.38. The first-order chi connectivity index (χ1) is 7.66. The van der Waals surface area contributed by atoms with Crippen molar-refractivity contribution in [3.63, 3.8) is 0 Å². The Labute approximate surface area is 94.9 Å². The van der Waals surface area contributed by atoms with Crippen molar-refractivity contribution in [3.05, 3.63) is 53.1 Å². The van der Waals surface area contributed by atoms with Crippen LogP contribution in [-0.4, -0.2) is 11.1 Å². The van der Waals surface area contributed by atoms with Crippen molar-refractivity contribution in [3.8, 4) is 0 Å². The van der Waals surface area contributed by atoms with Crippen molar-refractivity contribution in [2.75, 3.05) is 0 Å². The summed E-state index contributed by atoms with van der Waals surface area (Å²) < 4.78 is 0. The molecule has 1 aromatic carbocycles. The second-order valence-corrected chi connectivity index (χ2v) is 4.07. The third kappa shape index (κ3) is 2.22. The summed E-state index contributed by atoms with van der Waals surface area (Å²) >= 11 is 0. The van der Waals surface area contributed by atoms with Gasteiger partial charge in [-0.2, -0.15) is 0 Å². The minimum Gasteiger partial charge on any atom is -0.478 e. The van der Waals surface area contributed by atoms with Gasteiger partial charge >= 0.3 is 5.97 Å². The third-order valence-electron chi connectivity index (χ3n) is 2.77. The molecule has 0 radical (unpaired) electrons. The van der Waals surface area contributed by atoms with Crippen LogP contribution in [0, 0.1) is 0 Å². The number of aromatic carboxylic acids is 1. The van der Waals surface area contributed by atoms with Crippen molar-refractivity contribution < 1.29 is 9.90 Å². The van der Waals surface area contributed by atoms with E-state index >= 15 is 0 Å². The third-order valence-corrected chi connectivity index (χ3v) is 2.77. The fourth-order valence-corrected chi connectivity index (χ4v) is 1.86. The molecular weight excluding hydrogens is 200 g/mol. The van der Waals surface area contributed by atoms with Crippen LogP contribution in [0.2, 0.25) is 0 Å². The van der Waals surface area contributed by atoms with Crippen LogP contribution in [-0.2, 0) is 0 Å². The predicted molar refractivity (Wildman–Crippen MR) is 64.4 cm³/mol. The maximum absolute atomic E-state index is 10.7. The first-order valence-corrected chi connectivity index (χ1v) is 5.38. The van der Waals surface area contributed by atoms with Crippen LogP contribution in [0.3, 0.4) is 0 Å². The van der Waals surface area contributed by atoms with E-state index in [0.717, 1.165) is 18.4 Å². The average molecular weight is 214 g/mol. The van der Waals surface area contributed by atoms with Gasteiger partial charge in [0.05, 0.1) is 5.56 Å². The van der Waals surface area contributed by atoms with Crippen LogP contribution < -0.4 is 0 Å². The molecule has 0 saturated heterocycles. The van der Waals surface area contributed by atoms with E-state index in [1.807, 2.05) is 12.1 Å². The Morgan fingerprint density at radius 3 is 2.50 bits per heavy atom. The molecule has 82 valence electrons. The molecule has 2 rings (SSSR count). The fourth-order valence-electron chi connectivity index (χ4n) is 1.86. The highest BCUT2D eigenvalue weighted by Crippen LogP contribution is 2.25. The highest BCUT2D eigenvalue weighted by Gasteiger charge is 2.06. The van der Waals surface area contributed by atoms with Crippen LogP contribution in [0.5, 0.6) is 0 Å². The van der Waals surface area contributed by atoms with Crippen molar-refractivity contribution in [1.29, 1.82) is 0 Å².